The van der Waals surface area contributed by atoms with Gasteiger partial charge in [0, 0.05) is 62.3 Å². The molecule has 1 aromatic carbocycles. The van der Waals surface area contributed by atoms with Crippen molar-refractivity contribution in [3.05, 3.63) is 46.4 Å². The Morgan fingerprint density at radius 2 is 1.81 bits per heavy atom. The first-order valence-corrected chi connectivity index (χ1v) is 15.2. The Morgan fingerprint density at radius 3 is 2.59 bits per heavy atom. The maximum atomic E-state index is 13.8. The van der Waals surface area contributed by atoms with Crippen molar-refractivity contribution in [2.75, 3.05) is 18.0 Å². The van der Waals surface area contributed by atoms with Gasteiger partial charge >= 0.3 is 0 Å². The molecule has 2 aliphatic heterocycles. The highest BCUT2D eigenvalue weighted by atomic mass is 32.1. The first-order valence-electron chi connectivity index (χ1n) is 14.4. The second-order valence-electron chi connectivity index (χ2n) is 11.2. The fraction of sp³-hybridized carbons (Fsp3) is 0.633. The van der Waals surface area contributed by atoms with E-state index < -0.39 is 0 Å². The van der Waals surface area contributed by atoms with Gasteiger partial charge in [-0.3, -0.25) is 14.5 Å². The summed E-state index contributed by atoms with van der Waals surface area (Å²) in [5.74, 6) is 1.04. The molecular formula is C30H42N4O2S. The van der Waals surface area contributed by atoms with Crippen molar-refractivity contribution in [1.82, 2.24) is 14.8 Å². The molecule has 3 aliphatic rings. The normalized spacial score (nSPS) is 23.8. The van der Waals surface area contributed by atoms with E-state index in [1.54, 1.807) is 18.3 Å². The Bertz CT molecular complexity index is 1040. The fourth-order valence-electron chi connectivity index (χ4n) is 6.78. The van der Waals surface area contributed by atoms with Crippen molar-refractivity contribution in [2.45, 2.75) is 103 Å². The number of piperidine rings is 1. The highest BCUT2D eigenvalue weighted by Gasteiger charge is 2.35. The van der Waals surface area contributed by atoms with E-state index in [4.69, 9.17) is 0 Å². The SMILES string of the molecule is CC(=O)N1CCC2CCCC(CN(C(=O)CCC3CCCCC3)Cc3ccccc31)N2Cc1nccs1. The average molecular weight is 523 g/mol. The van der Waals surface area contributed by atoms with E-state index in [9.17, 15) is 9.59 Å². The van der Waals surface area contributed by atoms with Crippen molar-refractivity contribution < 1.29 is 9.59 Å². The zero-order valence-electron chi connectivity index (χ0n) is 22.3. The molecule has 7 heteroatoms. The molecule has 3 heterocycles. The molecule has 5 rings (SSSR count). The van der Waals surface area contributed by atoms with Crippen LogP contribution in [0, 0.1) is 5.92 Å². The molecule has 200 valence electrons. The topological polar surface area (TPSA) is 56.8 Å². The summed E-state index contributed by atoms with van der Waals surface area (Å²) in [6.45, 7) is 4.51. The molecule has 1 saturated heterocycles. The molecule has 0 N–H and O–H groups in total. The van der Waals surface area contributed by atoms with E-state index in [1.807, 2.05) is 28.6 Å². The van der Waals surface area contributed by atoms with E-state index in [2.05, 4.69) is 26.9 Å². The van der Waals surface area contributed by atoms with Gasteiger partial charge in [0.1, 0.15) is 5.01 Å². The Kier molecular flexibility index (Phi) is 8.93. The van der Waals surface area contributed by atoms with Gasteiger partial charge < -0.3 is 9.80 Å². The largest absolute Gasteiger partial charge is 0.337 e. The molecule has 1 saturated carbocycles. The minimum Gasteiger partial charge on any atom is -0.337 e. The van der Waals surface area contributed by atoms with E-state index in [-0.39, 0.29) is 11.8 Å². The number of hydrogen-bond acceptors (Lipinski definition) is 5. The summed E-state index contributed by atoms with van der Waals surface area (Å²) in [6.07, 6.45) is 14.4. The number of hydrogen-bond donors (Lipinski definition) is 0. The number of amides is 2. The van der Waals surface area contributed by atoms with E-state index >= 15 is 0 Å². The third kappa shape index (κ3) is 6.61. The lowest BCUT2D eigenvalue weighted by molar-refractivity contribution is -0.133. The van der Waals surface area contributed by atoms with Crippen LogP contribution in [0.2, 0.25) is 0 Å². The number of thiazole rings is 1. The molecular weight excluding hydrogens is 480 g/mol. The van der Waals surface area contributed by atoms with Crippen LogP contribution < -0.4 is 4.90 Å². The molecule has 2 atom stereocenters. The summed E-state index contributed by atoms with van der Waals surface area (Å²) in [5.41, 5.74) is 2.04. The summed E-state index contributed by atoms with van der Waals surface area (Å²) in [7, 11) is 0. The molecule has 0 radical (unpaired) electrons. The zero-order valence-corrected chi connectivity index (χ0v) is 23.1. The van der Waals surface area contributed by atoms with E-state index in [1.165, 1.54) is 38.5 Å². The molecule has 2 bridgehead atoms. The number of anilines is 1. The third-order valence-corrected chi connectivity index (χ3v) is 9.56. The second kappa shape index (κ2) is 12.5. The van der Waals surface area contributed by atoms with Crippen LogP contribution in [0.5, 0.6) is 0 Å². The average Bonchev–Trinajstić information content (AvgIpc) is 3.42. The highest BCUT2D eigenvalue weighted by Crippen LogP contribution is 2.33. The van der Waals surface area contributed by atoms with Crippen LogP contribution in [0.25, 0.3) is 0 Å². The molecule has 1 aliphatic carbocycles. The third-order valence-electron chi connectivity index (χ3n) is 8.80. The molecule has 2 unspecified atom stereocenters. The number of fused-ring (bicyclic) bond motifs is 3. The summed E-state index contributed by atoms with van der Waals surface area (Å²) >= 11 is 1.71. The molecule has 37 heavy (non-hydrogen) atoms. The number of carbonyl (C=O) groups excluding carboxylic acids is 2. The van der Waals surface area contributed by atoms with E-state index in [0.717, 1.165) is 55.0 Å². The fourth-order valence-corrected chi connectivity index (χ4v) is 7.40. The maximum Gasteiger partial charge on any atom is 0.223 e. The Morgan fingerprint density at radius 1 is 1.00 bits per heavy atom. The lowest BCUT2D eigenvalue weighted by Gasteiger charge is -2.44. The van der Waals surface area contributed by atoms with Crippen LogP contribution >= 0.6 is 11.3 Å². The predicted molar refractivity (Wildman–Crippen MR) is 149 cm³/mol. The van der Waals surface area contributed by atoms with Crippen molar-refractivity contribution in [3.63, 3.8) is 0 Å². The summed E-state index contributed by atoms with van der Waals surface area (Å²) in [5, 5.41) is 3.18. The number of benzene rings is 1. The first kappa shape index (κ1) is 26.4. The van der Waals surface area contributed by atoms with Crippen LogP contribution in [-0.2, 0) is 22.7 Å². The van der Waals surface area contributed by atoms with Crippen LogP contribution in [0.4, 0.5) is 5.69 Å². The Labute approximate surface area is 226 Å². The Hall–Kier alpha value is -2.25. The molecule has 2 amide bonds. The molecule has 1 aromatic heterocycles. The monoisotopic (exact) mass is 522 g/mol. The van der Waals surface area contributed by atoms with Crippen LogP contribution in [0.15, 0.2) is 35.8 Å². The highest BCUT2D eigenvalue weighted by molar-refractivity contribution is 7.09. The van der Waals surface area contributed by atoms with Gasteiger partial charge in [-0.25, -0.2) is 4.98 Å². The summed E-state index contributed by atoms with van der Waals surface area (Å²) in [4.78, 5) is 37.9. The van der Waals surface area contributed by atoms with Crippen molar-refractivity contribution >= 4 is 28.8 Å². The maximum absolute atomic E-state index is 13.8. The molecule has 0 spiro atoms. The van der Waals surface area contributed by atoms with Crippen LogP contribution in [-0.4, -0.2) is 51.8 Å². The van der Waals surface area contributed by atoms with Gasteiger partial charge in [0.25, 0.3) is 0 Å². The van der Waals surface area contributed by atoms with Gasteiger partial charge in [0.2, 0.25) is 11.8 Å². The lowest BCUT2D eigenvalue weighted by atomic mass is 9.86. The molecule has 6 nitrogen and oxygen atoms in total. The standard InChI is InChI=1S/C30H42N4O2S/c1-23(35)33-18-16-26-11-7-12-27(34(26)22-29-31-17-19-37-29)21-32(20-25-10-5-6-13-28(25)33)30(36)15-14-24-8-3-2-4-9-24/h5-6,10,13,17,19,24,26-27H,2-4,7-9,11-12,14-16,18,20-22H2,1H3. The Balaban J connectivity index is 1.44. The lowest BCUT2D eigenvalue weighted by Crippen LogP contribution is -2.52. The predicted octanol–water partition coefficient (Wildman–Crippen LogP) is 6.01. The van der Waals surface area contributed by atoms with Crippen molar-refractivity contribution in [1.29, 1.82) is 0 Å². The van der Waals surface area contributed by atoms with Gasteiger partial charge in [0.15, 0.2) is 0 Å². The second-order valence-corrected chi connectivity index (χ2v) is 12.2. The number of para-hydroxylation sites is 1. The van der Waals surface area contributed by atoms with Crippen LogP contribution in [0.1, 0.15) is 88.1 Å². The van der Waals surface area contributed by atoms with Crippen LogP contribution in [0.3, 0.4) is 0 Å². The smallest absolute Gasteiger partial charge is 0.223 e. The van der Waals surface area contributed by atoms with Gasteiger partial charge in [-0.05, 0) is 43.2 Å². The summed E-state index contributed by atoms with van der Waals surface area (Å²) in [6, 6.07) is 8.90. The number of nitrogens with zero attached hydrogens (tertiary/aromatic N) is 4. The minimum atomic E-state index is 0.0701. The number of rotatable bonds is 5. The first-order chi connectivity index (χ1) is 18.1. The minimum absolute atomic E-state index is 0.0701. The quantitative estimate of drug-likeness (QED) is 0.482. The molecule has 2 aromatic rings. The van der Waals surface area contributed by atoms with Crippen molar-refractivity contribution in [3.8, 4) is 0 Å². The van der Waals surface area contributed by atoms with Crippen molar-refractivity contribution in [2.24, 2.45) is 5.92 Å². The van der Waals surface area contributed by atoms with E-state index in [0.29, 0.717) is 37.5 Å². The van der Waals surface area contributed by atoms with Gasteiger partial charge in [-0.2, -0.15) is 0 Å². The number of carbonyl (C=O) groups is 2. The zero-order chi connectivity index (χ0) is 25.6. The number of aromatic nitrogens is 1. The van der Waals surface area contributed by atoms with Gasteiger partial charge in [0.05, 0.1) is 6.54 Å². The van der Waals surface area contributed by atoms with Gasteiger partial charge in [-0.15, -0.1) is 11.3 Å². The summed E-state index contributed by atoms with van der Waals surface area (Å²) < 4.78 is 0. The van der Waals surface area contributed by atoms with Gasteiger partial charge in [-0.1, -0.05) is 56.7 Å². The molecule has 2 fully saturated rings.